The van der Waals surface area contributed by atoms with Gasteiger partial charge >= 0.3 is 5.97 Å². The molecule has 0 aliphatic rings. The molecule has 4 rings (SSSR count). The van der Waals surface area contributed by atoms with Crippen molar-refractivity contribution in [1.82, 2.24) is 23.9 Å². The molecule has 0 spiro atoms. The van der Waals surface area contributed by atoms with Crippen LogP contribution in [-0.4, -0.2) is 35.0 Å². The number of nitrogens with zero attached hydrogens (tertiary/aromatic N) is 5. The average molecular weight is 414 g/mol. The van der Waals surface area contributed by atoms with E-state index in [4.69, 9.17) is 11.6 Å². The van der Waals surface area contributed by atoms with Crippen LogP contribution in [0.4, 0.5) is 0 Å². The van der Waals surface area contributed by atoms with Gasteiger partial charge in [0.2, 0.25) is 10.6 Å². The Morgan fingerprint density at radius 2 is 2.04 bits per heavy atom. The van der Waals surface area contributed by atoms with Crippen molar-refractivity contribution in [2.24, 2.45) is 0 Å². The maximum atomic E-state index is 12.6. The smallest absolute Gasteiger partial charge is 0.341 e. The fraction of sp³-hybridized carbons (Fsp3) is 0.111. The van der Waals surface area contributed by atoms with E-state index in [1.54, 1.807) is 13.1 Å². The molecule has 10 heteroatoms. The molecular formula is C18H12ClN5O3S. The third-order valence-corrected chi connectivity index (χ3v) is 5.05. The van der Waals surface area contributed by atoms with Crippen LogP contribution in [-0.2, 0) is 0 Å². The number of carbonyl (C=O) groups is 1. The number of aromatic carboxylic acids is 1. The van der Waals surface area contributed by atoms with Gasteiger partial charge in [0.05, 0.1) is 5.39 Å². The molecule has 4 aromatic rings. The highest BCUT2D eigenvalue weighted by Crippen LogP contribution is 2.25. The van der Waals surface area contributed by atoms with Gasteiger partial charge in [0, 0.05) is 35.2 Å². The summed E-state index contributed by atoms with van der Waals surface area (Å²) in [5.41, 5.74) is 1.35. The minimum absolute atomic E-state index is 0.179. The lowest BCUT2D eigenvalue weighted by Gasteiger charge is -2.10. The van der Waals surface area contributed by atoms with Gasteiger partial charge in [0.15, 0.2) is 11.5 Å². The van der Waals surface area contributed by atoms with Gasteiger partial charge < -0.3 is 5.11 Å². The Hall–Kier alpha value is -3.17. The van der Waals surface area contributed by atoms with E-state index < -0.39 is 11.4 Å². The van der Waals surface area contributed by atoms with Crippen LogP contribution < -0.4 is 5.43 Å². The van der Waals surface area contributed by atoms with E-state index in [0.717, 1.165) is 22.8 Å². The van der Waals surface area contributed by atoms with Crippen LogP contribution in [0.2, 0.25) is 5.15 Å². The van der Waals surface area contributed by atoms with Gasteiger partial charge in [0.1, 0.15) is 10.7 Å². The summed E-state index contributed by atoms with van der Waals surface area (Å²) in [5, 5.41) is 10.2. The second-order valence-corrected chi connectivity index (χ2v) is 7.21. The van der Waals surface area contributed by atoms with Crippen LogP contribution in [0.1, 0.15) is 21.6 Å². The van der Waals surface area contributed by atoms with Gasteiger partial charge in [-0.1, -0.05) is 11.6 Å². The normalized spacial score (nSPS) is 11.1. The summed E-state index contributed by atoms with van der Waals surface area (Å²) in [6.45, 7) is 3.55. The van der Waals surface area contributed by atoms with Crippen LogP contribution in [0, 0.1) is 13.8 Å². The number of aromatic nitrogens is 5. The molecule has 28 heavy (non-hydrogen) atoms. The third-order valence-electron chi connectivity index (χ3n) is 4.15. The van der Waals surface area contributed by atoms with Crippen LogP contribution >= 0.6 is 23.1 Å². The first-order valence-electron chi connectivity index (χ1n) is 8.08. The lowest BCUT2D eigenvalue weighted by Crippen LogP contribution is -2.20. The first kappa shape index (κ1) is 18.2. The molecule has 0 amide bonds. The van der Waals surface area contributed by atoms with Gasteiger partial charge in [-0.05, 0) is 37.6 Å². The highest BCUT2D eigenvalue weighted by molar-refractivity contribution is 7.08. The second-order valence-electron chi connectivity index (χ2n) is 6.10. The van der Waals surface area contributed by atoms with Crippen molar-refractivity contribution in [2.45, 2.75) is 13.8 Å². The van der Waals surface area contributed by atoms with E-state index >= 15 is 0 Å². The number of hydrogen-bond acceptors (Lipinski definition) is 7. The van der Waals surface area contributed by atoms with E-state index in [9.17, 15) is 14.7 Å². The number of pyridine rings is 3. The zero-order chi connectivity index (χ0) is 20.0. The molecule has 4 aromatic heterocycles. The molecule has 1 N–H and O–H groups in total. The number of hydrogen-bond donors (Lipinski definition) is 1. The summed E-state index contributed by atoms with van der Waals surface area (Å²) >= 11 is 7.12. The van der Waals surface area contributed by atoms with Crippen molar-refractivity contribution in [1.29, 1.82) is 0 Å². The lowest BCUT2D eigenvalue weighted by atomic mass is 10.1. The molecule has 0 radical (unpaired) electrons. The number of fused-ring (bicyclic) bond motifs is 1. The Morgan fingerprint density at radius 3 is 2.71 bits per heavy atom. The largest absolute Gasteiger partial charge is 0.477 e. The maximum Gasteiger partial charge on any atom is 0.341 e. The highest BCUT2D eigenvalue weighted by Gasteiger charge is 2.20. The van der Waals surface area contributed by atoms with Gasteiger partial charge in [0.25, 0.3) is 0 Å². The highest BCUT2D eigenvalue weighted by atomic mass is 35.5. The predicted octanol–water partition coefficient (Wildman–Crippen LogP) is 3.27. The van der Waals surface area contributed by atoms with Gasteiger partial charge in [-0.25, -0.2) is 9.78 Å². The number of halogens is 1. The molecule has 0 saturated heterocycles. The quantitative estimate of drug-likeness (QED) is 0.513. The molecule has 4 heterocycles. The number of carboxylic acids is 1. The first-order chi connectivity index (χ1) is 13.3. The molecule has 8 nitrogen and oxygen atoms in total. The molecule has 0 fully saturated rings. The lowest BCUT2D eigenvalue weighted by molar-refractivity contribution is 0.0695. The fourth-order valence-corrected chi connectivity index (χ4v) is 3.70. The van der Waals surface area contributed by atoms with Crippen molar-refractivity contribution >= 4 is 40.1 Å². The second kappa shape index (κ2) is 6.77. The SMILES string of the molecule is Cc1ccc(-c2nsc(-n3cc(C(=O)O)c(=O)c4c(C)cc(Cl)nc43)n2)cn1. The topological polar surface area (TPSA) is 111 Å². The number of aryl methyl sites for hydroxylation is 2. The van der Waals surface area contributed by atoms with Gasteiger partial charge in [-0.2, -0.15) is 9.36 Å². The summed E-state index contributed by atoms with van der Waals surface area (Å²) in [6, 6.07) is 5.21. The molecule has 0 unspecified atom stereocenters. The van der Waals surface area contributed by atoms with Gasteiger partial charge in [-0.3, -0.25) is 14.3 Å². The molecule has 0 aromatic carbocycles. The Balaban J connectivity index is 1.98. The zero-order valence-electron chi connectivity index (χ0n) is 14.7. The Kier molecular flexibility index (Phi) is 4.40. The molecule has 0 atom stereocenters. The van der Waals surface area contributed by atoms with E-state index in [0.29, 0.717) is 16.5 Å². The van der Waals surface area contributed by atoms with Crippen molar-refractivity contribution in [3.05, 3.63) is 62.8 Å². The summed E-state index contributed by atoms with van der Waals surface area (Å²) in [6.07, 6.45) is 2.86. The van der Waals surface area contributed by atoms with E-state index in [-0.39, 0.29) is 21.7 Å². The van der Waals surface area contributed by atoms with E-state index in [1.165, 1.54) is 16.8 Å². The molecule has 0 bridgehead atoms. The average Bonchev–Trinajstić information content (AvgIpc) is 3.11. The van der Waals surface area contributed by atoms with Crippen molar-refractivity contribution in [3.8, 4) is 16.5 Å². The van der Waals surface area contributed by atoms with Crippen molar-refractivity contribution in [3.63, 3.8) is 0 Å². The predicted molar refractivity (Wildman–Crippen MR) is 105 cm³/mol. The molecule has 0 aliphatic carbocycles. The van der Waals surface area contributed by atoms with Gasteiger partial charge in [-0.15, -0.1) is 0 Å². The van der Waals surface area contributed by atoms with Crippen LogP contribution in [0.15, 0.2) is 35.4 Å². The minimum atomic E-state index is -1.33. The summed E-state index contributed by atoms with van der Waals surface area (Å²) < 4.78 is 5.76. The van der Waals surface area contributed by atoms with Crippen molar-refractivity contribution < 1.29 is 9.90 Å². The Labute approximate surface area is 167 Å². The zero-order valence-corrected chi connectivity index (χ0v) is 16.2. The maximum absolute atomic E-state index is 12.6. The van der Waals surface area contributed by atoms with E-state index in [1.807, 2.05) is 19.1 Å². The molecule has 140 valence electrons. The van der Waals surface area contributed by atoms with Crippen molar-refractivity contribution in [2.75, 3.05) is 0 Å². The van der Waals surface area contributed by atoms with E-state index in [2.05, 4.69) is 19.3 Å². The number of rotatable bonds is 3. The molecular weight excluding hydrogens is 402 g/mol. The molecule has 0 saturated carbocycles. The molecule has 0 aliphatic heterocycles. The van der Waals surface area contributed by atoms with Crippen LogP contribution in [0.3, 0.4) is 0 Å². The summed E-state index contributed by atoms with van der Waals surface area (Å²) in [5.74, 6) is -0.891. The standard InChI is InChI=1S/C18H12ClN5O3S/c1-8-5-12(19)21-16-13(8)14(25)11(17(26)27)7-24(16)18-22-15(23-28-18)10-4-3-9(2)20-6-10/h3-7H,1-2H3,(H,26,27). The minimum Gasteiger partial charge on any atom is -0.477 e. The van der Waals surface area contributed by atoms with Crippen LogP contribution in [0.25, 0.3) is 27.6 Å². The first-order valence-corrected chi connectivity index (χ1v) is 9.23. The number of carboxylic acid groups (broad SMARTS) is 1. The Morgan fingerprint density at radius 1 is 1.25 bits per heavy atom. The Bertz CT molecular complexity index is 1300. The monoisotopic (exact) mass is 413 g/mol. The van der Waals surface area contributed by atoms with Crippen LogP contribution in [0.5, 0.6) is 0 Å². The summed E-state index contributed by atoms with van der Waals surface area (Å²) in [7, 11) is 0. The third kappa shape index (κ3) is 3.04. The fourth-order valence-electron chi connectivity index (χ4n) is 2.78. The summed E-state index contributed by atoms with van der Waals surface area (Å²) in [4.78, 5) is 37.1.